The summed E-state index contributed by atoms with van der Waals surface area (Å²) in [7, 11) is 0. The number of carbonyl (C=O) groups excluding carboxylic acids is 1. The van der Waals surface area contributed by atoms with Gasteiger partial charge in [-0.05, 0) is 24.2 Å². The molecule has 1 N–H and O–H groups in total. The SMILES string of the molecule is CCOC(=O)c1cc2cccc(N=O)c2[nH]1. The van der Waals surface area contributed by atoms with Gasteiger partial charge in [0, 0.05) is 5.39 Å². The molecule has 1 aromatic carbocycles. The van der Waals surface area contributed by atoms with Crippen molar-refractivity contribution in [3.63, 3.8) is 0 Å². The highest BCUT2D eigenvalue weighted by Crippen LogP contribution is 2.25. The maximum atomic E-state index is 11.5. The van der Waals surface area contributed by atoms with E-state index in [1.165, 1.54) is 0 Å². The maximum Gasteiger partial charge on any atom is 0.354 e. The average Bonchev–Trinajstić information content (AvgIpc) is 2.72. The molecule has 0 radical (unpaired) electrons. The summed E-state index contributed by atoms with van der Waals surface area (Å²) in [6.07, 6.45) is 0. The lowest BCUT2D eigenvalue weighted by Gasteiger charge is -1.96. The van der Waals surface area contributed by atoms with Gasteiger partial charge in [-0.3, -0.25) is 0 Å². The van der Waals surface area contributed by atoms with E-state index in [1.54, 1.807) is 31.2 Å². The standard InChI is InChI=1S/C11H10N2O3/c1-2-16-11(14)9-6-7-4-3-5-8(13-15)10(7)12-9/h3-6,12H,2H2,1H3. The number of nitrogens with one attached hydrogen (secondary N) is 1. The second-order valence-electron chi connectivity index (χ2n) is 3.24. The molecule has 82 valence electrons. The van der Waals surface area contributed by atoms with Gasteiger partial charge in [0.1, 0.15) is 11.4 Å². The molecular formula is C11H10N2O3. The van der Waals surface area contributed by atoms with Crippen molar-refractivity contribution in [1.82, 2.24) is 4.98 Å². The minimum absolute atomic E-state index is 0.285. The Balaban J connectivity index is 2.51. The van der Waals surface area contributed by atoms with Crippen LogP contribution in [0.25, 0.3) is 10.9 Å². The van der Waals surface area contributed by atoms with Crippen molar-refractivity contribution < 1.29 is 9.53 Å². The van der Waals surface area contributed by atoms with Crippen molar-refractivity contribution in [3.05, 3.63) is 34.9 Å². The van der Waals surface area contributed by atoms with Crippen LogP contribution < -0.4 is 0 Å². The van der Waals surface area contributed by atoms with E-state index in [0.29, 0.717) is 17.8 Å². The van der Waals surface area contributed by atoms with Crippen LogP contribution in [-0.4, -0.2) is 17.6 Å². The van der Waals surface area contributed by atoms with Gasteiger partial charge in [0.15, 0.2) is 0 Å². The normalized spacial score (nSPS) is 10.3. The van der Waals surface area contributed by atoms with Crippen molar-refractivity contribution in [3.8, 4) is 0 Å². The lowest BCUT2D eigenvalue weighted by atomic mass is 10.2. The Morgan fingerprint density at radius 2 is 2.31 bits per heavy atom. The fraction of sp³-hybridized carbons (Fsp3) is 0.182. The zero-order chi connectivity index (χ0) is 11.5. The van der Waals surface area contributed by atoms with E-state index in [0.717, 1.165) is 5.39 Å². The van der Waals surface area contributed by atoms with E-state index >= 15 is 0 Å². The van der Waals surface area contributed by atoms with Crippen LogP contribution in [0.2, 0.25) is 0 Å². The monoisotopic (exact) mass is 218 g/mol. The van der Waals surface area contributed by atoms with Gasteiger partial charge in [-0.1, -0.05) is 12.1 Å². The third-order valence-corrected chi connectivity index (χ3v) is 2.23. The van der Waals surface area contributed by atoms with Gasteiger partial charge in [0.25, 0.3) is 0 Å². The van der Waals surface area contributed by atoms with Gasteiger partial charge in [0.05, 0.1) is 12.1 Å². The number of para-hydroxylation sites is 1. The summed E-state index contributed by atoms with van der Waals surface area (Å²) in [5.41, 5.74) is 1.17. The minimum Gasteiger partial charge on any atom is -0.461 e. The number of hydrogen-bond donors (Lipinski definition) is 1. The van der Waals surface area contributed by atoms with E-state index in [2.05, 4.69) is 10.2 Å². The van der Waals surface area contributed by atoms with Gasteiger partial charge in [-0.15, -0.1) is 4.91 Å². The molecule has 0 fully saturated rings. The zero-order valence-corrected chi connectivity index (χ0v) is 8.69. The van der Waals surface area contributed by atoms with Crippen LogP contribution in [-0.2, 0) is 4.74 Å². The molecule has 5 heteroatoms. The first-order valence-electron chi connectivity index (χ1n) is 4.88. The van der Waals surface area contributed by atoms with Crippen LogP contribution in [0, 0.1) is 4.91 Å². The van der Waals surface area contributed by atoms with Crippen molar-refractivity contribution in [2.75, 3.05) is 6.61 Å². The Kier molecular flexibility index (Phi) is 2.68. The van der Waals surface area contributed by atoms with Gasteiger partial charge in [-0.2, -0.15) is 0 Å². The molecule has 0 amide bonds. The van der Waals surface area contributed by atoms with E-state index < -0.39 is 5.97 Å². The number of nitroso groups, excluding NO2 is 1. The number of carbonyl (C=O) groups is 1. The number of benzene rings is 1. The van der Waals surface area contributed by atoms with E-state index in [4.69, 9.17) is 4.74 Å². The molecule has 0 saturated carbocycles. The molecule has 2 aromatic rings. The summed E-state index contributed by atoms with van der Waals surface area (Å²) in [5.74, 6) is -0.435. The zero-order valence-electron chi connectivity index (χ0n) is 8.69. The largest absolute Gasteiger partial charge is 0.461 e. The van der Waals surface area contributed by atoms with Gasteiger partial charge < -0.3 is 9.72 Å². The molecule has 1 aromatic heterocycles. The predicted octanol–water partition coefficient (Wildman–Crippen LogP) is 2.74. The van der Waals surface area contributed by atoms with Crippen LogP contribution in [0.1, 0.15) is 17.4 Å². The summed E-state index contributed by atoms with van der Waals surface area (Å²) < 4.78 is 4.85. The van der Waals surface area contributed by atoms with Crippen LogP contribution in [0.5, 0.6) is 0 Å². The number of H-pyrrole nitrogens is 1. The molecule has 0 aliphatic rings. The number of aromatic amines is 1. The van der Waals surface area contributed by atoms with E-state index in [-0.39, 0.29) is 5.69 Å². The molecular weight excluding hydrogens is 208 g/mol. The molecule has 0 unspecified atom stereocenters. The van der Waals surface area contributed by atoms with Crippen molar-refractivity contribution in [1.29, 1.82) is 0 Å². The molecule has 0 atom stereocenters. The first-order chi connectivity index (χ1) is 7.76. The van der Waals surface area contributed by atoms with Crippen molar-refractivity contribution in [2.45, 2.75) is 6.92 Å². The molecule has 0 aliphatic carbocycles. The second kappa shape index (κ2) is 4.14. The third kappa shape index (κ3) is 1.67. The molecule has 0 bridgehead atoms. The molecule has 5 nitrogen and oxygen atoms in total. The third-order valence-electron chi connectivity index (χ3n) is 2.23. The first kappa shape index (κ1) is 10.4. The van der Waals surface area contributed by atoms with E-state index in [9.17, 15) is 9.70 Å². The average molecular weight is 218 g/mol. The number of fused-ring (bicyclic) bond motifs is 1. The molecule has 2 rings (SSSR count). The molecule has 1 heterocycles. The Morgan fingerprint density at radius 3 is 3.00 bits per heavy atom. The predicted molar refractivity (Wildman–Crippen MR) is 59.7 cm³/mol. The lowest BCUT2D eigenvalue weighted by molar-refractivity contribution is 0.0520. The Bertz CT molecular complexity index is 545. The summed E-state index contributed by atoms with van der Waals surface area (Å²) in [5, 5.41) is 3.65. The topological polar surface area (TPSA) is 71.5 Å². The highest BCUT2D eigenvalue weighted by Gasteiger charge is 2.12. The fourth-order valence-corrected chi connectivity index (χ4v) is 1.54. The number of aromatic nitrogens is 1. The fourth-order valence-electron chi connectivity index (χ4n) is 1.54. The van der Waals surface area contributed by atoms with E-state index in [1.807, 2.05) is 0 Å². The smallest absolute Gasteiger partial charge is 0.354 e. The Labute approximate surface area is 91.4 Å². The molecule has 0 aliphatic heterocycles. The minimum atomic E-state index is -0.435. The highest BCUT2D eigenvalue weighted by molar-refractivity contribution is 5.98. The highest BCUT2D eigenvalue weighted by atomic mass is 16.5. The summed E-state index contributed by atoms with van der Waals surface area (Å²) >= 11 is 0. The van der Waals surface area contributed by atoms with Gasteiger partial charge >= 0.3 is 5.97 Å². The van der Waals surface area contributed by atoms with Crippen molar-refractivity contribution >= 4 is 22.6 Å². The van der Waals surface area contributed by atoms with Gasteiger partial charge in [-0.25, -0.2) is 4.79 Å². The van der Waals surface area contributed by atoms with Crippen LogP contribution >= 0.6 is 0 Å². The summed E-state index contributed by atoms with van der Waals surface area (Å²) in [4.78, 5) is 24.8. The number of rotatable bonds is 3. The quantitative estimate of drug-likeness (QED) is 0.636. The molecule has 0 saturated heterocycles. The Morgan fingerprint density at radius 1 is 1.50 bits per heavy atom. The first-order valence-corrected chi connectivity index (χ1v) is 4.88. The summed E-state index contributed by atoms with van der Waals surface area (Å²) in [6.45, 7) is 2.05. The van der Waals surface area contributed by atoms with Crippen LogP contribution in [0.4, 0.5) is 5.69 Å². The van der Waals surface area contributed by atoms with Crippen molar-refractivity contribution in [2.24, 2.45) is 5.18 Å². The summed E-state index contributed by atoms with van der Waals surface area (Å²) in [6, 6.07) is 6.73. The van der Waals surface area contributed by atoms with Gasteiger partial charge in [0.2, 0.25) is 0 Å². The Hall–Kier alpha value is -2.17. The number of nitrogens with zero attached hydrogens (tertiary/aromatic N) is 1. The number of esters is 1. The molecule has 0 spiro atoms. The number of ether oxygens (including phenoxy) is 1. The second-order valence-corrected chi connectivity index (χ2v) is 3.24. The lowest BCUT2D eigenvalue weighted by Crippen LogP contribution is -2.04. The number of hydrogen-bond acceptors (Lipinski definition) is 4. The maximum absolute atomic E-state index is 11.5. The molecule has 16 heavy (non-hydrogen) atoms. The van der Waals surface area contributed by atoms with Crippen LogP contribution in [0.15, 0.2) is 29.4 Å². The van der Waals surface area contributed by atoms with Crippen LogP contribution in [0.3, 0.4) is 0 Å².